The van der Waals surface area contributed by atoms with Crippen LogP contribution in [-0.4, -0.2) is 47.0 Å². The molecule has 0 unspecified atom stereocenters. The number of aliphatic carboxylic acids is 1. The number of rotatable bonds is 4. The fourth-order valence-electron chi connectivity index (χ4n) is 2.10. The zero-order valence-electron chi connectivity index (χ0n) is 11.3. The van der Waals surface area contributed by atoms with Gasteiger partial charge in [-0.15, -0.1) is 0 Å². The monoisotopic (exact) mass is 271 g/mol. The molecule has 0 aromatic carbocycles. The average Bonchev–Trinajstić information content (AvgIpc) is 2.34. The maximum Gasteiger partial charge on any atom is 0.326 e. The minimum absolute atomic E-state index is 0.190. The number of carboxylic acid groups (broad SMARTS) is 1. The minimum Gasteiger partial charge on any atom is -0.480 e. The van der Waals surface area contributed by atoms with Gasteiger partial charge in [0.15, 0.2) is 0 Å². The van der Waals surface area contributed by atoms with Gasteiger partial charge in [-0.05, 0) is 18.8 Å². The molecule has 0 radical (unpaired) electrons. The van der Waals surface area contributed by atoms with Crippen LogP contribution in [0.25, 0.3) is 0 Å². The molecule has 0 aromatic heterocycles. The van der Waals surface area contributed by atoms with Crippen molar-refractivity contribution in [2.24, 2.45) is 17.6 Å². The third-order valence-corrected chi connectivity index (χ3v) is 3.40. The predicted octanol–water partition coefficient (Wildman–Crippen LogP) is 0.00250. The van der Waals surface area contributed by atoms with Crippen LogP contribution in [0.15, 0.2) is 0 Å². The number of urea groups is 1. The predicted molar refractivity (Wildman–Crippen MR) is 68.3 cm³/mol. The van der Waals surface area contributed by atoms with Crippen LogP contribution < -0.4 is 11.1 Å². The molecule has 1 aliphatic rings. The van der Waals surface area contributed by atoms with Crippen molar-refractivity contribution in [1.29, 1.82) is 0 Å². The summed E-state index contributed by atoms with van der Waals surface area (Å²) in [7, 11) is 0. The average molecular weight is 271 g/mol. The second-order valence-electron chi connectivity index (χ2n) is 5.17. The van der Waals surface area contributed by atoms with E-state index in [2.05, 4.69) is 5.32 Å². The summed E-state index contributed by atoms with van der Waals surface area (Å²) in [5.41, 5.74) is 5.21. The lowest BCUT2D eigenvalue weighted by atomic mass is 9.96. The van der Waals surface area contributed by atoms with Crippen molar-refractivity contribution in [2.45, 2.75) is 32.7 Å². The van der Waals surface area contributed by atoms with E-state index in [4.69, 9.17) is 10.8 Å². The van der Waals surface area contributed by atoms with Crippen LogP contribution >= 0.6 is 0 Å². The molecule has 1 heterocycles. The van der Waals surface area contributed by atoms with Gasteiger partial charge in [-0.25, -0.2) is 9.59 Å². The third-order valence-electron chi connectivity index (χ3n) is 3.40. The van der Waals surface area contributed by atoms with E-state index >= 15 is 0 Å². The molecule has 0 saturated carbocycles. The third kappa shape index (κ3) is 4.11. The highest BCUT2D eigenvalue weighted by atomic mass is 16.4. The first-order valence-corrected chi connectivity index (χ1v) is 6.40. The highest BCUT2D eigenvalue weighted by Crippen LogP contribution is 2.16. The zero-order chi connectivity index (χ0) is 14.6. The summed E-state index contributed by atoms with van der Waals surface area (Å²) in [6, 6.07) is -1.30. The first-order chi connectivity index (χ1) is 8.82. The number of nitrogens with zero attached hydrogens (tertiary/aromatic N) is 1. The Labute approximate surface area is 112 Å². The van der Waals surface area contributed by atoms with Gasteiger partial charge >= 0.3 is 12.0 Å². The first-order valence-electron chi connectivity index (χ1n) is 6.40. The summed E-state index contributed by atoms with van der Waals surface area (Å²) in [6.45, 7) is 4.31. The Hall–Kier alpha value is -1.79. The van der Waals surface area contributed by atoms with Gasteiger partial charge in [0, 0.05) is 19.0 Å². The number of carbonyl (C=O) groups excluding carboxylic acids is 2. The van der Waals surface area contributed by atoms with Gasteiger partial charge in [-0.3, -0.25) is 4.79 Å². The Bertz CT molecular complexity index is 362. The number of hydrogen-bond acceptors (Lipinski definition) is 3. The van der Waals surface area contributed by atoms with Gasteiger partial charge in [-0.1, -0.05) is 13.8 Å². The van der Waals surface area contributed by atoms with Crippen molar-refractivity contribution >= 4 is 17.9 Å². The lowest BCUT2D eigenvalue weighted by molar-refractivity contribution is -0.140. The zero-order valence-corrected chi connectivity index (χ0v) is 11.3. The van der Waals surface area contributed by atoms with E-state index in [-0.39, 0.29) is 17.7 Å². The Morgan fingerprint density at radius 3 is 2.16 bits per heavy atom. The summed E-state index contributed by atoms with van der Waals surface area (Å²) in [5, 5.41) is 11.5. The van der Waals surface area contributed by atoms with Crippen molar-refractivity contribution in [3.05, 3.63) is 0 Å². The van der Waals surface area contributed by atoms with E-state index < -0.39 is 18.0 Å². The lowest BCUT2D eigenvalue weighted by Gasteiger charge is -2.32. The van der Waals surface area contributed by atoms with E-state index in [1.807, 2.05) is 0 Å². The van der Waals surface area contributed by atoms with Gasteiger partial charge in [0.1, 0.15) is 6.04 Å². The van der Waals surface area contributed by atoms with Gasteiger partial charge in [0.05, 0.1) is 0 Å². The Balaban J connectivity index is 2.51. The van der Waals surface area contributed by atoms with Crippen molar-refractivity contribution in [1.82, 2.24) is 10.2 Å². The van der Waals surface area contributed by atoms with Crippen LogP contribution in [0.2, 0.25) is 0 Å². The highest BCUT2D eigenvalue weighted by molar-refractivity contribution is 5.83. The molecule has 4 N–H and O–H groups in total. The van der Waals surface area contributed by atoms with Crippen LogP contribution in [0.4, 0.5) is 4.79 Å². The number of piperidine rings is 1. The molecule has 0 aliphatic carbocycles. The van der Waals surface area contributed by atoms with Crippen LogP contribution in [0.5, 0.6) is 0 Å². The highest BCUT2D eigenvalue weighted by Gasteiger charge is 2.29. The molecular weight excluding hydrogens is 250 g/mol. The topological polar surface area (TPSA) is 113 Å². The summed E-state index contributed by atoms with van der Waals surface area (Å²) < 4.78 is 0. The van der Waals surface area contributed by atoms with Crippen molar-refractivity contribution in [3.63, 3.8) is 0 Å². The summed E-state index contributed by atoms with van der Waals surface area (Å²) in [5.74, 6) is -1.77. The molecule has 1 saturated heterocycles. The molecule has 3 amide bonds. The molecule has 19 heavy (non-hydrogen) atoms. The van der Waals surface area contributed by atoms with E-state index in [9.17, 15) is 14.4 Å². The van der Waals surface area contributed by atoms with E-state index in [1.54, 1.807) is 13.8 Å². The van der Waals surface area contributed by atoms with Crippen LogP contribution in [0.1, 0.15) is 26.7 Å². The van der Waals surface area contributed by atoms with Gasteiger partial charge in [0.2, 0.25) is 5.91 Å². The Morgan fingerprint density at radius 2 is 1.79 bits per heavy atom. The number of nitrogens with two attached hydrogens (primary N) is 1. The van der Waals surface area contributed by atoms with Crippen LogP contribution in [-0.2, 0) is 9.59 Å². The van der Waals surface area contributed by atoms with Crippen molar-refractivity contribution in [2.75, 3.05) is 13.1 Å². The number of nitrogens with one attached hydrogen (secondary N) is 1. The molecule has 1 aliphatic heterocycles. The lowest BCUT2D eigenvalue weighted by Crippen LogP contribution is -2.52. The first kappa shape index (κ1) is 15.3. The second-order valence-corrected chi connectivity index (χ2v) is 5.17. The number of amides is 3. The van der Waals surface area contributed by atoms with E-state index in [1.165, 1.54) is 4.90 Å². The standard InChI is InChI=1S/C12H21N3O4/c1-7(2)9(11(17)18)14-12(19)15-5-3-8(4-6-15)10(13)16/h7-9H,3-6H2,1-2H3,(H2,13,16)(H,14,19)(H,17,18)/t9-/m0/s1. The van der Waals surface area contributed by atoms with Crippen LogP contribution in [0, 0.1) is 11.8 Å². The molecule has 0 bridgehead atoms. The molecule has 7 heteroatoms. The van der Waals surface area contributed by atoms with Crippen molar-refractivity contribution in [3.8, 4) is 0 Å². The molecule has 1 atom stereocenters. The Kier molecular flexibility index (Phi) is 5.14. The minimum atomic E-state index is -1.05. The van der Waals surface area contributed by atoms with Crippen LogP contribution in [0.3, 0.4) is 0 Å². The fourth-order valence-corrected chi connectivity index (χ4v) is 2.10. The summed E-state index contributed by atoms with van der Waals surface area (Å²) in [6.07, 6.45) is 1.06. The smallest absolute Gasteiger partial charge is 0.326 e. The van der Waals surface area contributed by atoms with Gasteiger partial charge in [-0.2, -0.15) is 0 Å². The largest absolute Gasteiger partial charge is 0.480 e. The van der Waals surface area contributed by atoms with Gasteiger partial charge < -0.3 is 21.1 Å². The quantitative estimate of drug-likeness (QED) is 0.668. The molecule has 0 aromatic rings. The molecule has 0 spiro atoms. The SMILES string of the molecule is CC(C)[C@H](NC(=O)N1CCC(C(N)=O)CC1)C(=O)O. The van der Waals surface area contributed by atoms with Crippen molar-refractivity contribution < 1.29 is 19.5 Å². The molecule has 108 valence electrons. The maximum atomic E-state index is 11.9. The Morgan fingerprint density at radius 1 is 1.26 bits per heavy atom. The summed E-state index contributed by atoms with van der Waals surface area (Å²) in [4.78, 5) is 35.5. The van der Waals surface area contributed by atoms with E-state index in [0.29, 0.717) is 25.9 Å². The normalized spacial score (nSPS) is 18.2. The number of hydrogen-bond donors (Lipinski definition) is 3. The molecule has 1 fully saturated rings. The number of primary amides is 1. The number of likely N-dealkylation sites (tertiary alicyclic amines) is 1. The fraction of sp³-hybridized carbons (Fsp3) is 0.750. The molecule has 7 nitrogen and oxygen atoms in total. The molecular formula is C12H21N3O4. The van der Waals surface area contributed by atoms with E-state index in [0.717, 1.165) is 0 Å². The van der Waals surface area contributed by atoms with Gasteiger partial charge in [0.25, 0.3) is 0 Å². The number of carboxylic acids is 1. The maximum absolute atomic E-state index is 11.9. The number of carbonyl (C=O) groups is 3. The second kappa shape index (κ2) is 6.40. The molecule has 1 rings (SSSR count). The summed E-state index contributed by atoms with van der Waals surface area (Å²) >= 11 is 0.